The largest absolute Gasteiger partial charge is 0.273 e. The van der Waals surface area contributed by atoms with Gasteiger partial charge in [-0.05, 0) is 37.3 Å². The molecular weight excluding hydrogens is 300 g/mol. The van der Waals surface area contributed by atoms with E-state index in [1.54, 1.807) is 24.9 Å². The molecule has 0 spiro atoms. The van der Waals surface area contributed by atoms with Crippen LogP contribution >= 0.6 is 11.8 Å². The molecule has 1 atom stereocenters. The number of nitrogens with one attached hydrogen (secondary N) is 2. The summed E-state index contributed by atoms with van der Waals surface area (Å²) in [6, 6.07) is 7.86. The molecule has 1 aliphatic heterocycles. The molecule has 6 nitrogen and oxygen atoms in total. The van der Waals surface area contributed by atoms with E-state index in [9.17, 15) is 9.59 Å². The number of hydrogen-bond acceptors (Lipinski definition) is 5. The van der Waals surface area contributed by atoms with Crippen molar-refractivity contribution in [3.8, 4) is 0 Å². The summed E-state index contributed by atoms with van der Waals surface area (Å²) in [5.41, 5.74) is 6.50. The van der Waals surface area contributed by atoms with E-state index in [1.165, 1.54) is 4.90 Å². The van der Waals surface area contributed by atoms with Crippen LogP contribution in [0, 0.1) is 5.92 Å². The van der Waals surface area contributed by atoms with Gasteiger partial charge in [0.1, 0.15) is 0 Å². The lowest BCUT2D eigenvalue weighted by atomic mass is 9.99. The first-order valence-electron chi connectivity index (χ1n) is 6.90. The van der Waals surface area contributed by atoms with Crippen LogP contribution in [0.2, 0.25) is 0 Å². The molecule has 0 saturated carbocycles. The molecule has 1 aromatic rings. The lowest BCUT2D eigenvalue weighted by Crippen LogP contribution is -2.25. The lowest BCUT2D eigenvalue weighted by Gasteiger charge is -2.06. The van der Waals surface area contributed by atoms with Crippen LogP contribution in [-0.4, -0.2) is 30.0 Å². The van der Waals surface area contributed by atoms with E-state index in [2.05, 4.69) is 21.1 Å². The maximum absolute atomic E-state index is 11.7. The number of rotatable bonds is 6. The van der Waals surface area contributed by atoms with Crippen LogP contribution in [0.5, 0.6) is 0 Å². The average Bonchev–Trinajstić information content (AvgIpc) is 2.84. The summed E-state index contributed by atoms with van der Waals surface area (Å²) in [5.74, 6) is -0.680. The van der Waals surface area contributed by atoms with Gasteiger partial charge >= 0.3 is 0 Å². The van der Waals surface area contributed by atoms with E-state index >= 15 is 0 Å². The van der Waals surface area contributed by atoms with Crippen LogP contribution in [0.15, 0.2) is 39.4 Å². The summed E-state index contributed by atoms with van der Waals surface area (Å²) in [6.45, 7) is 1.77. The molecule has 22 heavy (non-hydrogen) atoms. The highest BCUT2D eigenvalue weighted by Gasteiger charge is 2.26. The third kappa shape index (κ3) is 4.42. The zero-order valence-corrected chi connectivity index (χ0v) is 13.3. The molecule has 1 heterocycles. The van der Waals surface area contributed by atoms with Crippen molar-refractivity contribution in [3.05, 3.63) is 29.8 Å². The molecule has 7 heteroatoms. The van der Waals surface area contributed by atoms with E-state index in [-0.39, 0.29) is 24.2 Å². The topological polar surface area (TPSA) is 82.9 Å². The molecule has 2 amide bonds. The highest BCUT2D eigenvalue weighted by atomic mass is 32.2. The van der Waals surface area contributed by atoms with Gasteiger partial charge in [0.2, 0.25) is 11.8 Å². The van der Waals surface area contributed by atoms with Crippen LogP contribution < -0.4 is 10.9 Å². The van der Waals surface area contributed by atoms with Gasteiger partial charge in [-0.1, -0.05) is 12.1 Å². The van der Waals surface area contributed by atoms with Crippen molar-refractivity contribution in [2.45, 2.75) is 24.7 Å². The van der Waals surface area contributed by atoms with Gasteiger partial charge in [-0.15, -0.1) is 11.8 Å². The Bertz CT molecular complexity index is 610. The smallest absolute Gasteiger partial charge is 0.248 e. The Balaban J connectivity index is 1.76. The van der Waals surface area contributed by atoms with Gasteiger partial charge in [0, 0.05) is 17.0 Å². The second-order valence-electron chi connectivity index (χ2n) is 4.89. The summed E-state index contributed by atoms with van der Waals surface area (Å²) >= 11 is 1.67. The minimum Gasteiger partial charge on any atom is -0.273 e. The van der Waals surface area contributed by atoms with Crippen LogP contribution in [0.1, 0.15) is 25.3 Å². The minimum absolute atomic E-state index is 0.150. The first-order chi connectivity index (χ1) is 10.6. The summed E-state index contributed by atoms with van der Waals surface area (Å²) < 4.78 is 0. The van der Waals surface area contributed by atoms with E-state index in [0.717, 1.165) is 11.3 Å². The number of carbonyl (C=O) groups excluding carboxylic acids is 2. The second-order valence-corrected chi connectivity index (χ2v) is 5.77. The normalized spacial score (nSPS) is 17.5. The molecule has 0 aromatic heterocycles. The number of benzene rings is 1. The Hall–Kier alpha value is -2.15. The second kappa shape index (κ2) is 7.74. The number of thioether (sulfide) groups is 1. The Morgan fingerprint density at radius 1 is 1.45 bits per heavy atom. The van der Waals surface area contributed by atoms with Crippen molar-refractivity contribution in [1.29, 1.82) is 0 Å². The van der Waals surface area contributed by atoms with Crippen molar-refractivity contribution in [2.75, 3.05) is 6.26 Å². The maximum atomic E-state index is 11.7. The molecule has 0 radical (unpaired) electrons. The number of hydrogen-bond donors (Lipinski definition) is 2. The summed E-state index contributed by atoms with van der Waals surface area (Å²) in [5, 5.41) is 7.76. The molecule has 1 aliphatic rings. The standard InChI is InChI=1S/C15H18N4O2S/c1-10-13(15(21)19-17-10)7-8-14(20)18-16-9-11-3-5-12(22-2)6-4-11/h3-6,9,13H,7-8H2,1-2H3,(H,18,20)(H,19,21)/b16-9-/t13-/m1/s1. The molecule has 116 valence electrons. The Morgan fingerprint density at radius 3 is 2.77 bits per heavy atom. The lowest BCUT2D eigenvalue weighted by molar-refractivity contribution is -0.123. The van der Waals surface area contributed by atoms with Crippen LogP contribution in [0.3, 0.4) is 0 Å². The van der Waals surface area contributed by atoms with Gasteiger partial charge in [-0.2, -0.15) is 10.2 Å². The van der Waals surface area contributed by atoms with Gasteiger partial charge in [-0.3, -0.25) is 9.59 Å². The van der Waals surface area contributed by atoms with Crippen molar-refractivity contribution in [2.24, 2.45) is 16.1 Å². The van der Waals surface area contributed by atoms with E-state index in [0.29, 0.717) is 6.42 Å². The monoisotopic (exact) mass is 318 g/mol. The predicted octanol–water partition coefficient (Wildman–Crippen LogP) is 1.76. The van der Waals surface area contributed by atoms with Crippen molar-refractivity contribution < 1.29 is 9.59 Å². The van der Waals surface area contributed by atoms with Crippen molar-refractivity contribution in [1.82, 2.24) is 10.9 Å². The van der Waals surface area contributed by atoms with Gasteiger partial charge in [-0.25, -0.2) is 10.9 Å². The highest BCUT2D eigenvalue weighted by molar-refractivity contribution is 7.98. The van der Waals surface area contributed by atoms with Gasteiger partial charge in [0.25, 0.3) is 0 Å². The molecule has 0 fully saturated rings. The van der Waals surface area contributed by atoms with Gasteiger partial charge in [0.15, 0.2) is 0 Å². The van der Waals surface area contributed by atoms with Crippen molar-refractivity contribution in [3.63, 3.8) is 0 Å². The Morgan fingerprint density at radius 2 is 2.18 bits per heavy atom. The van der Waals surface area contributed by atoms with E-state index in [1.807, 2.05) is 30.5 Å². The average molecular weight is 318 g/mol. The van der Waals surface area contributed by atoms with Gasteiger partial charge < -0.3 is 0 Å². The molecule has 0 bridgehead atoms. The minimum atomic E-state index is -0.311. The number of carbonyl (C=O) groups is 2. The Kier molecular flexibility index (Phi) is 5.71. The summed E-state index contributed by atoms with van der Waals surface area (Å²) in [4.78, 5) is 24.3. The fraction of sp³-hybridized carbons (Fsp3) is 0.333. The maximum Gasteiger partial charge on any atom is 0.248 e. The predicted molar refractivity (Wildman–Crippen MR) is 87.9 cm³/mol. The third-order valence-corrected chi connectivity index (χ3v) is 4.09. The van der Waals surface area contributed by atoms with Crippen LogP contribution in [0.25, 0.3) is 0 Å². The molecule has 0 unspecified atom stereocenters. The zero-order valence-electron chi connectivity index (χ0n) is 12.5. The zero-order chi connectivity index (χ0) is 15.9. The molecule has 1 aromatic carbocycles. The highest BCUT2D eigenvalue weighted by Crippen LogP contribution is 2.14. The first-order valence-corrected chi connectivity index (χ1v) is 8.12. The fourth-order valence-electron chi connectivity index (χ4n) is 2.03. The van der Waals surface area contributed by atoms with Crippen LogP contribution in [-0.2, 0) is 9.59 Å². The van der Waals surface area contributed by atoms with E-state index in [4.69, 9.17) is 0 Å². The molecule has 2 rings (SSSR count). The van der Waals surface area contributed by atoms with Crippen LogP contribution in [0.4, 0.5) is 0 Å². The molecule has 2 N–H and O–H groups in total. The third-order valence-electron chi connectivity index (χ3n) is 3.34. The number of hydrazone groups is 2. The summed E-state index contributed by atoms with van der Waals surface area (Å²) in [6.07, 6.45) is 4.27. The van der Waals surface area contributed by atoms with Crippen molar-refractivity contribution >= 4 is 35.5 Å². The molecule has 0 saturated heterocycles. The summed E-state index contributed by atoms with van der Waals surface area (Å²) in [7, 11) is 0. The molecular formula is C15H18N4O2S. The molecule has 0 aliphatic carbocycles. The SMILES string of the molecule is CSc1ccc(/C=N\NC(=O)CC[C@H]2C(=O)NN=C2C)cc1. The first kappa shape index (κ1) is 16.2. The quantitative estimate of drug-likeness (QED) is 0.476. The Labute approximate surface area is 133 Å². The van der Waals surface area contributed by atoms with Gasteiger partial charge in [0.05, 0.1) is 12.1 Å². The fourth-order valence-corrected chi connectivity index (χ4v) is 2.44. The number of amides is 2. The van der Waals surface area contributed by atoms with E-state index < -0.39 is 0 Å². The number of nitrogens with zero attached hydrogens (tertiary/aromatic N) is 2.